The van der Waals surface area contributed by atoms with E-state index in [1.165, 1.54) is 6.07 Å². The first-order valence-corrected chi connectivity index (χ1v) is 8.00. The lowest BCUT2D eigenvalue weighted by Crippen LogP contribution is -2.17. The van der Waals surface area contributed by atoms with Crippen molar-refractivity contribution in [3.05, 3.63) is 47.7 Å². The molecule has 27 heavy (non-hydrogen) atoms. The average molecular weight is 370 g/mol. The lowest BCUT2D eigenvalue weighted by Gasteiger charge is -2.18. The molecule has 0 radical (unpaired) electrons. The van der Waals surface area contributed by atoms with Crippen LogP contribution in [-0.2, 0) is 0 Å². The maximum atomic E-state index is 12.3. The number of nitrogens with one attached hydrogen (secondary N) is 2. The van der Waals surface area contributed by atoms with Crippen molar-refractivity contribution in [3.8, 4) is 11.5 Å². The van der Waals surface area contributed by atoms with Gasteiger partial charge in [-0.2, -0.15) is 4.98 Å². The fourth-order valence-corrected chi connectivity index (χ4v) is 2.39. The van der Waals surface area contributed by atoms with Crippen LogP contribution in [0.5, 0.6) is 11.5 Å². The van der Waals surface area contributed by atoms with Gasteiger partial charge in [-0.1, -0.05) is 5.16 Å². The van der Waals surface area contributed by atoms with E-state index in [2.05, 4.69) is 20.8 Å². The lowest BCUT2D eigenvalue weighted by molar-refractivity contribution is 0.100. The van der Waals surface area contributed by atoms with Gasteiger partial charge in [0, 0.05) is 17.8 Å². The van der Waals surface area contributed by atoms with Gasteiger partial charge in [0.25, 0.3) is 11.8 Å². The van der Waals surface area contributed by atoms with E-state index in [-0.39, 0.29) is 17.4 Å². The number of hydrogen-bond acceptors (Lipinski definition) is 8. The Labute approximate surface area is 152 Å². The van der Waals surface area contributed by atoms with Crippen LogP contribution < -0.4 is 20.1 Å². The van der Waals surface area contributed by atoms with Crippen LogP contribution in [0.1, 0.15) is 26.7 Å². The number of carbonyl (C=O) groups is 2. The standard InChI is InChI=1S/C17H14N4O6/c1-9-6-11(21-27-9)15(22)20-17-19-12(8-26-17)16(23)18-10-2-3-13-14(7-10)25-5-4-24-13/h2-3,6-8H,4-5H2,1H3,(H,18,23)(H,19,20,22). The molecule has 2 N–H and O–H groups in total. The highest BCUT2D eigenvalue weighted by molar-refractivity contribution is 6.04. The number of carbonyl (C=O) groups excluding carboxylic acids is 2. The summed E-state index contributed by atoms with van der Waals surface area (Å²) < 4.78 is 20.8. The van der Waals surface area contributed by atoms with Crippen LogP contribution in [0.25, 0.3) is 0 Å². The van der Waals surface area contributed by atoms with Crippen molar-refractivity contribution in [2.45, 2.75) is 6.92 Å². The monoisotopic (exact) mass is 370 g/mol. The van der Waals surface area contributed by atoms with E-state index >= 15 is 0 Å². The predicted octanol–water partition coefficient (Wildman–Crippen LogP) is 2.25. The van der Waals surface area contributed by atoms with Crippen LogP contribution in [0.2, 0.25) is 0 Å². The molecule has 2 aromatic heterocycles. The van der Waals surface area contributed by atoms with Crippen LogP contribution in [0.3, 0.4) is 0 Å². The Morgan fingerprint density at radius 2 is 1.78 bits per heavy atom. The zero-order chi connectivity index (χ0) is 18.8. The van der Waals surface area contributed by atoms with Gasteiger partial charge in [0.05, 0.1) is 0 Å². The number of aromatic nitrogens is 2. The van der Waals surface area contributed by atoms with E-state index in [1.54, 1.807) is 25.1 Å². The van der Waals surface area contributed by atoms with E-state index in [0.717, 1.165) is 6.26 Å². The molecule has 0 bridgehead atoms. The molecule has 138 valence electrons. The Balaban J connectivity index is 1.42. The number of amides is 2. The van der Waals surface area contributed by atoms with Crippen molar-refractivity contribution in [2.24, 2.45) is 0 Å². The zero-order valence-corrected chi connectivity index (χ0v) is 14.1. The fourth-order valence-electron chi connectivity index (χ4n) is 2.39. The van der Waals surface area contributed by atoms with Gasteiger partial charge in [0.2, 0.25) is 0 Å². The smallest absolute Gasteiger partial charge is 0.302 e. The van der Waals surface area contributed by atoms with E-state index in [4.69, 9.17) is 18.4 Å². The van der Waals surface area contributed by atoms with Gasteiger partial charge in [-0.05, 0) is 19.1 Å². The Morgan fingerprint density at radius 3 is 2.56 bits per heavy atom. The summed E-state index contributed by atoms with van der Waals surface area (Å²) in [6.07, 6.45) is 1.14. The van der Waals surface area contributed by atoms with E-state index in [1.807, 2.05) is 0 Å². The Bertz CT molecular complexity index is 1010. The Hall–Kier alpha value is -3.82. The lowest BCUT2D eigenvalue weighted by atomic mass is 10.2. The molecule has 0 fully saturated rings. The van der Waals surface area contributed by atoms with Crippen LogP contribution in [0.15, 0.2) is 39.5 Å². The van der Waals surface area contributed by atoms with E-state index < -0.39 is 11.8 Å². The van der Waals surface area contributed by atoms with Crippen molar-refractivity contribution in [1.82, 2.24) is 10.1 Å². The molecule has 0 atom stereocenters. The topological polar surface area (TPSA) is 129 Å². The Morgan fingerprint density at radius 1 is 1.00 bits per heavy atom. The third-order valence-electron chi connectivity index (χ3n) is 3.62. The summed E-state index contributed by atoms with van der Waals surface area (Å²) >= 11 is 0. The van der Waals surface area contributed by atoms with Crippen molar-refractivity contribution >= 4 is 23.5 Å². The summed E-state index contributed by atoms with van der Waals surface area (Å²) in [6, 6.07) is 6.38. The molecular weight excluding hydrogens is 356 g/mol. The van der Waals surface area contributed by atoms with Crippen molar-refractivity contribution in [3.63, 3.8) is 0 Å². The normalized spacial score (nSPS) is 12.5. The number of oxazole rings is 1. The zero-order valence-electron chi connectivity index (χ0n) is 14.1. The van der Waals surface area contributed by atoms with Crippen LogP contribution in [0.4, 0.5) is 11.7 Å². The molecule has 1 aliphatic rings. The van der Waals surface area contributed by atoms with Crippen LogP contribution >= 0.6 is 0 Å². The minimum Gasteiger partial charge on any atom is -0.486 e. The van der Waals surface area contributed by atoms with Crippen LogP contribution in [0, 0.1) is 6.92 Å². The van der Waals surface area contributed by atoms with E-state index in [0.29, 0.717) is 36.2 Å². The molecule has 2 amide bonds. The SMILES string of the molecule is Cc1cc(C(=O)Nc2nc(C(=O)Nc3ccc4c(c3)OCCO4)co2)no1. The molecule has 0 aliphatic carbocycles. The van der Waals surface area contributed by atoms with Crippen molar-refractivity contribution < 1.29 is 28.0 Å². The fraction of sp³-hybridized carbons (Fsp3) is 0.176. The summed E-state index contributed by atoms with van der Waals surface area (Å²) in [6.45, 7) is 2.59. The third-order valence-corrected chi connectivity index (χ3v) is 3.62. The molecule has 0 unspecified atom stereocenters. The van der Waals surface area contributed by atoms with Crippen LogP contribution in [-0.4, -0.2) is 35.2 Å². The summed E-state index contributed by atoms with van der Waals surface area (Å²) in [4.78, 5) is 28.2. The number of rotatable bonds is 4. The number of fused-ring (bicyclic) bond motifs is 1. The Kier molecular flexibility index (Phi) is 4.21. The molecule has 4 rings (SSSR count). The number of aryl methyl sites for hydroxylation is 1. The molecule has 3 heterocycles. The third kappa shape index (κ3) is 3.59. The summed E-state index contributed by atoms with van der Waals surface area (Å²) in [5, 5.41) is 8.66. The first kappa shape index (κ1) is 16.6. The quantitative estimate of drug-likeness (QED) is 0.715. The van der Waals surface area contributed by atoms with Gasteiger partial charge in [-0.3, -0.25) is 14.9 Å². The summed E-state index contributed by atoms with van der Waals surface area (Å²) in [7, 11) is 0. The minimum atomic E-state index is -0.563. The summed E-state index contributed by atoms with van der Waals surface area (Å²) in [5.74, 6) is 0.594. The second-order valence-corrected chi connectivity index (χ2v) is 5.63. The molecule has 0 spiro atoms. The largest absolute Gasteiger partial charge is 0.486 e. The minimum absolute atomic E-state index is 0.00322. The predicted molar refractivity (Wildman–Crippen MR) is 91.1 cm³/mol. The second kappa shape index (κ2) is 6.83. The number of hydrogen-bond donors (Lipinski definition) is 2. The first-order chi connectivity index (χ1) is 13.1. The molecule has 0 saturated carbocycles. The number of anilines is 2. The van der Waals surface area contributed by atoms with Crippen molar-refractivity contribution in [2.75, 3.05) is 23.8 Å². The molecule has 1 aromatic carbocycles. The molecule has 3 aromatic rings. The number of benzene rings is 1. The van der Waals surface area contributed by atoms with Gasteiger partial charge < -0.3 is 23.7 Å². The van der Waals surface area contributed by atoms with Gasteiger partial charge in [-0.25, -0.2) is 0 Å². The summed E-state index contributed by atoms with van der Waals surface area (Å²) in [5.41, 5.74) is 0.584. The molecule has 0 saturated heterocycles. The average Bonchev–Trinajstić information content (AvgIpc) is 3.31. The van der Waals surface area contributed by atoms with Crippen molar-refractivity contribution in [1.29, 1.82) is 0 Å². The first-order valence-electron chi connectivity index (χ1n) is 8.00. The molecule has 10 heteroatoms. The highest BCUT2D eigenvalue weighted by atomic mass is 16.6. The van der Waals surface area contributed by atoms with Gasteiger partial charge in [0.15, 0.2) is 22.9 Å². The number of ether oxygens (including phenoxy) is 2. The van der Waals surface area contributed by atoms with E-state index in [9.17, 15) is 9.59 Å². The highest BCUT2D eigenvalue weighted by Gasteiger charge is 2.18. The second-order valence-electron chi connectivity index (χ2n) is 5.63. The highest BCUT2D eigenvalue weighted by Crippen LogP contribution is 2.32. The maximum absolute atomic E-state index is 12.3. The van der Waals surface area contributed by atoms with Gasteiger partial charge in [-0.15, -0.1) is 0 Å². The molecule has 1 aliphatic heterocycles. The maximum Gasteiger partial charge on any atom is 0.302 e. The molecular formula is C17H14N4O6. The van der Waals surface area contributed by atoms with Gasteiger partial charge >= 0.3 is 6.01 Å². The number of nitrogens with zero attached hydrogens (tertiary/aromatic N) is 2. The molecule has 10 nitrogen and oxygen atoms in total. The van der Waals surface area contributed by atoms with Gasteiger partial charge in [0.1, 0.15) is 25.2 Å².